The van der Waals surface area contributed by atoms with Crippen molar-refractivity contribution in [2.75, 3.05) is 0 Å². The minimum atomic E-state index is 0.485. The summed E-state index contributed by atoms with van der Waals surface area (Å²) >= 11 is 0. The van der Waals surface area contributed by atoms with Crippen molar-refractivity contribution in [1.29, 1.82) is 0 Å². The zero-order valence-electron chi connectivity index (χ0n) is 7.46. The standard InChI is InChI=1S/C11H9N2O/c14-13-10-7-4-8-12-11(10)9-5-2-1-3-6-9/h1-8,14H. The van der Waals surface area contributed by atoms with Crippen LogP contribution in [0.5, 0.6) is 0 Å². The molecule has 0 aliphatic carbocycles. The Morgan fingerprint density at radius 1 is 1.14 bits per heavy atom. The summed E-state index contributed by atoms with van der Waals surface area (Å²) in [5.74, 6) is 0. The molecule has 3 heteroatoms. The van der Waals surface area contributed by atoms with Crippen molar-refractivity contribution in [3.8, 4) is 0 Å². The van der Waals surface area contributed by atoms with E-state index in [0.29, 0.717) is 11.4 Å². The lowest BCUT2D eigenvalue weighted by molar-refractivity contribution is 0.320. The molecule has 2 rings (SSSR count). The molecule has 0 unspecified atom stereocenters. The zero-order chi connectivity index (χ0) is 9.80. The molecule has 0 amide bonds. The van der Waals surface area contributed by atoms with Gasteiger partial charge in [0.25, 0.3) is 0 Å². The van der Waals surface area contributed by atoms with E-state index in [0.717, 1.165) is 5.56 Å². The van der Waals surface area contributed by atoms with Crippen LogP contribution in [0.1, 0.15) is 5.56 Å². The summed E-state index contributed by atoms with van der Waals surface area (Å²) in [6.45, 7) is 0. The molecule has 0 aromatic heterocycles. The lowest BCUT2D eigenvalue weighted by Crippen LogP contribution is -2.17. The summed E-state index contributed by atoms with van der Waals surface area (Å²) in [6, 6.07) is 9.63. The van der Waals surface area contributed by atoms with Gasteiger partial charge in [-0.05, 0) is 0 Å². The largest absolute Gasteiger partial charge is 0.411 e. The predicted molar refractivity (Wildman–Crippen MR) is 55.6 cm³/mol. The number of rotatable bonds is 1. The number of hydrogen-bond acceptors (Lipinski definition) is 3. The summed E-state index contributed by atoms with van der Waals surface area (Å²) in [7, 11) is 0. The van der Waals surface area contributed by atoms with Gasteiger partial charge >= 0.3 is 0 Å². The second kappa shape index (κ2) is 3.87. The van der Waals surface area contributed by atoms with Crippen molar-refractivity contribution >= 4 is 11.4 Å². The molecule has 0 fully saturated rings. The fraction of sp³-hybridized carbons (Fsp3) is 0. The summed E-state index contributed by atoms with van der Waals surface area (Å²) in [5, 5.41) is 11.9. The predicted octanol–water partition coefficient (Wildman–Crippen LogP) is 2.04. The molecule has 1 radical (unpaired) electrons. The maximum atomic E-state index is 8.76. The molecule has 3 nitrogen and oxygen atoms in total. The van der Waals surface area contributed by atoms with Gasteiger partial charge in [0.1, 0.15) is 5.71 Å². The van der Waals surface area contributed by atoms with E-state index in [1.165, 1.54) is 0 Å². The summed E-state index contributed by atoms with van der Waals surface area (Å²) in [5.41, 5.74) is 2.12. The average molecular weight is 185 g/mol. The van der Waals surface area contributed by atoms with Gasteiger partial charge in [-0.1, -0.05) is 41.6 Å². The van der Waals surface area contributed by atoms with E-state index in [1.807, 2.05) is 30.3 Å². The van der Waals surface area contributed by atoms with E-state index >= 15 is 0 Å². The molecule has 0 spiro atoms. The normalized spacial score (nSPS) is 18.3. The molecule has 69 valence electrons. The van der Waals surface area contributed by atoms with Crippen molar-refractivity contribution in [2.24, 2.45) is 10.1 Å². The first kappa shape index (κ1) is 8.69. The highest BCUT2D eigenvalue weighted by atomic mass is 16.4. The summed E-state index contributed by atoms with van der Waals surface area (Å²) < 4.78 is 0. The van der Waals surface area contributed by atoms with E-state index in [4.69, 9.17) is 5.21 Å². The lowest BCUT2D eigenvalue weighted by atomic mass is 10.0. The van der Waals surface area contributed by atoms with Crippen LogP contribution in [0.4, 0.5) is 0 Å². The Morgan fingerprint density at radius 2 is 1.93 bits per heavy atom. The molecular weight excluding hydrogens is 176 g/mol. The van der Waals surface area contributed by atoms with Gasteiger partial charge < -0.3 is 5.21 Å². The van der Waals surface area contributed by atoms with Crippen LogP contribution < -0.4 is 0 Å². The molecule has 1 aromatic carbocycles. The summed E-state index contributed by atoms with van der Waals surface area (Å²) in [4.78, 5) is 4.17. The fourth-order valence-electron chi connectivity index (χ4n) is 1.30. The highest BCUT2D eigenvalue weighted by Gasteiger charge is 2.12. The van der Waals surface area contributed by atoms with Crippen LogP contribution in [0.3, 0.4) is 0 Å². The quantitative estimate of drug-likeness (QED) is 0.528. The molecule has 0 saturated carbocycles. The average Bonchev–Trinajstić information content (AvgIpc) is 2.30. The van der Waals surface area contributed by atoms with Crippen LogP contribution in [-0.4, -0.2) is 16.6 Å². The molecule has 0 atom stereocenters. The third-order valence-electron chi connectivity index (χ3n) is 1.94. The topological polar surface area (TPSA) is 45.0 Å². The lowest BCUT2D eigenvalue weighted by Gasteiger charge is -2.08. The zero-order valence-corrected chi connectivity index (χ0v) is 7.46. The van der Waals surface area contributed by atoms with Gasteiger partial charge in [0.2, 0.25) is 0 Å². The van der Waals surface area contributed by atoms with Crippen LogP contribution in [-0.2, 0) is 0 Å². The molecule has 14 heavy (non-hydrogen) atoms. The van der Waals surface area contributed by atoms with Crippen LogP contribution in [0.2, 0.25) is 0 Å². The van der Waals surface area contributed by atoms with Crippen molar-refractivity contribution < 1.29 is 5.21 Å². The number of hydrogen-bond donors (Lipinski definition) is 1. The number of benzene rings is 1. The van der Waals surface area contributed by atoms with Gasteiger partial charge in [-0.25, -0.2) is 0 Å². The Hall–Kier alpha value is -1.90. The SMILES string of the molecule is ON=C1[CH]C=CN=C1c1ccccc1. The maximum Gasteiger partial charge on any atom is 0.114 e. The molecule has 0 saturated heterocycles. The molecule has 1 aromatic rings. The highest BCUT2D eigenvalue weighted by molar-refractivity contribution is 6.51. The molecule has 1 heterocycles. The minimum absolute atomic E-state index is 0.485. The summed E-state index contributed by atoms with van der Waals surface area (Å²) in [6.07, 6.45) is 5.13. The second-order valence-corrected chi connectivity index (χ2v) is 2.84. The third-order valence-corrected chi connectivity index (χ3v) is 1.94. The van der Waals surface area contributed by atoms with Gasteiger partial charge in [0, 0.05) is 18.2 Å². The first-order chi connectivity index (χ1) is 6.92. The first-order valence-electron chi connectivity index (χ1n) is 4.27. The number of nitrogens with zero attached hydrogens (tertiary/aromatic N) is 2. The smallest absolute Gasteiger partial charge is 0.114 e. The van der Waals surface area contributed by atoms with Gasteiger partial charge in [-0.15, -0.1) is 0 Å². The van der Waals surface area contributed by atoms with Gasteiger partial charge in [0.15, 0.2) is 0 Å². The van der Waals surface area contributed by atoms with Crippen LogP contribution in [0.15, 0.2) is 52.8 Å². The maximum absolute atomic E-state index is 8.76. The molecule has 0 bridgehead atoms. The Bertz CT molecular complexity index is 405. The fourth-order valence-corrected chi connectivity index (χ4v) is 1.30. The van der Waals surface area contributed by atoms with Crippen molar-refractivity contribution in [3.05, 3.63) is 54.6 Å². The molecular formula is C11H9N2O. The Labute approximate surface area is 82.1 Å². The van der Waals surface area contributed by atoms with Crippen molar-refractivity contribution in [3.63, 3.8) is 0 Å². The monoisotopic (exact) mass is 185 g/mol. The first-order valence-corrected chi connectivity index (χ1v) is 4.27. The number of aliphatic imine (C=N–C) groups is 1. The van der Waals surface area contributed by atoms with E-state index in [2.05, 4.69) is 10.1 Å². The molecule has 1 aliphatic rings. The van der Waals surface area contributed by atoms with Gasteiger partial charge in [-0.2, -0.15) is 0 Å². The Morgan fingerprint density at radius 3 is 2.64 bits per heavy atom. The van der Waals surface area contributed by atoms with Crippen molar-refractivity contribution in [2.45, 2.75) is 0 Å². The highest BCUT2D eigenvalue weighted by Crippen LogP contribution is 2.09. The van der Waals surface area contributed by atoms with Gasteiger partial charge in [0.05, 0.1) is 5.71 Å². The van der Waals surface area contributed by atoms with Crippen LogP contribution in [0.25, 0.3) is 0 Å². The number of allylic oxidation sites excluding steroid dienone is 1. The Balaban J connectivity index is 2.43. The van der Waals surface area contributed by atoms with Crippen LogP contribution >= 0.6 is 0 Å². The number of oxime groups is 1. The molecule has 1 N–H and O–H groups in total. The van der Waals surface area contributed by atoms with Crippen molar-refractivity contribution in [1.82, 2.24) is 0 Å². The second-order valence-electron chi connectivity index (χ2n) is 2.84. The van der Waals surface area contributed by atoms with E-state index in [1.54, 1.807) is 18.7 Å². The third kappa shape index (κ3) is 1.57. The van der Waals surface area contributed by atoms with Gasteiger partial charge in [-0.3, -0.25) is 4.99 Å². The van der Waals surface area contributed by atoms with E-state index < -0.39 is 0 Å². The molecule has 1 aliphatic heterocycles. The minimum Gasteiger partial charge on any atom is -0.411 e. The van der Waals surface area contributed by atoms with E-state index in [9.17, 15) is 0 Å². The Kier molecular flexibility index (Phi) is 2.40. The van der Waals surface area contributed by atoms with E-state index in [-0.39, 0.29) is 0 Å². The van der Waals surface area contributed by atoms with Crippen LogP contribution in [0, 0.1) is 6.42 Å².